The highest BCUT2D eigenvalue weighted by Gasteiger charge is 2.15. The summed E-state index contributed by atoms with van der Waals surface area (Å²) in [5, 5.41) is 1.84. The molecule has 22 heavy (non-hydrogen) atoms. The van der Waals surface area contributed by atoms with Crippen molar-refractivity contribution in [2.75, 3.05) is 0 Å². The first-order valence-electron chi connectivity index (χ1n) is 6.97. The fourth-order valence-corrected chi connectivity index (χ4v) is 2.88. The number of halogens is 1. The first-order chi connectivity index (χ1) is 10.8. The van der Waals surface area contributed by atoms with E-state index in [0.717, 1.165) is 22.2 Å². The smallest absolute Gasteiger partial charge is 0.234 e. The number of aromatic nitrogens is 3. The Morgan fingerprint density at radius 2 is 1.55 bits per heavy atom. The zero-order chi connectivity index (χ0) is 14.9. The monoisotopic (exact) mass is 305 g/mol. The molecule has 0 unspecified atom stereocenters. The van der Waals surface area contributed by atoms with Gasteiger partial charge in [-0.1, -0.05) is 48.0 Å². The fourth-order valence-electron chi connectivity index (χ4n) is 2.64. The second-order valence-corrected chi connectivity index (χ2v) is 5.36. The lowest BCUT2D eigenvalue weighted by molar-refractivity contribution is 0.968. The minimum atomic E-state index is 0.638. The van der Waals surface area contributed by atoms with Crippen LogP contribution >= 0.6 is 11.6 Å². The van der Waals surface area contributed by atoms with E-state index in [4.69, 9.17) is 11.6 Å². The van der Waals surface area contributed by atoms with Gasteiger partial charge in [-0.25, -0.2) is 9.97 Å². The Morgan fingerprint density at radius 3 is 2.36 bits per heavy atom. The Balaban J connectivity index is 2.09. The van der Waals surface area contributed by atoms with Gasteiger partial charge in [-0.05, 0) is 24.3 Å². The van der Waals surface area contributed by atoms with E-state index in [-0.39, 0.29) is 0 Å². The molecule has 0 saturated carbocycles. The SMILES string of the molecule is Clc1ccccc1-c1cc2ccccc2n1-c1ncccn1. The van der Waals surface area contributed by atoms with Crippen LogP contribution < -0.4 is 0 Å². The van der Waals surface area contributed by atoms with E-state index in [9.17, 15) is 0 Å². The molecule has 4 heteroatoms. The van der Waals surface area contributed by atoms with Gasteiger partial charge in [0.15, 0.2) is 0 Å². The molecule has 0 fully saturated rings. The highest BCUT2D eigenvalue weighted by Crippen LogP contribution is 2.34. The van der Waals surface area contributed by atoms with Crippen LogP contribution in [0.15, 0.2) is 73.1 Å². The molecule has 4 rings (SSSR count). The van der Waals surface area contributed by atoms with Crippen LogP contribution in [0.2, 0.25) is 5.02 Å². The van der Waals surface area contributed by atoms with Crippen LogP contribution in [0.4, 0.5) is 0 Å². The van der Waals surface area contributed by atoms with Crippen molar-refractivity contribution in [3.63, 3.8) is 0 Å². The van der Waals surface area contributed by atoms with Crippen LogP contribution in [-0.2, 0) is 0 Å². The molecule has 4 aromatic rings. The Bertz CT molecular complexity index is 945. The average Bonchev–Trinajstić information content (AvgIpc) is 2.95. The quantitative estimate of drug-likeness (QED) is 0.535. The third-order valence-corrected chi connectivity index (χ3v) is 3.94. The van der Waals surface area contributed by atoms with E-state index >= 15 is 0 Å². The van der Waals surface area contributed by atoms with Crippen LogP contribution in [0.1, 0.15) is 0 Å². The van der Waals surface area contributed by atoms with E-state index < -0.39 is 0 Å². The summed E-state index contributed by atoms with van der Waals surface area (Å²) in [7, 11) is 0. The second kappa shape index (κ2) is 5.28. The van der Waals surface area contributed by atoms with Crippen LogP contribution in [0.25, 0.3) is 28.1 Å². The number of rotatable bonds is 2. The molecule has 0 atom stereocenters. The first-order valence-corrected chi connectivity index (χ1v) is 7.35. The molecule has 0 spiro atoms. The zero-order valence-electron chi connectivity index (χ0n) is 11.6. The molecule has 0 radical (unpaired) electrons. The number of benzene rings is 2. The first kappa shape index (κ1) is 13.0. The summed E-state index contributed by atoms with van der Waals surface area (Å²) < 4.78 is 2.04. The second-order valence-electron chi connectivity index (χ2n) is 4.95. The summed E-state index contributed by atoms with van der Waals surface area (Å²) in [4.78, 5) is 8.79. The molecule has 0 amide bonds. The number of para-hydroxylation sites is 1. The third-order valence-electron chi connectivity index (χ3n) is 3.61. The van der Waals surface area contributed by atoms with Crippen molar-refractivity contribution in [2.24, 2.45) is 0 Å². The van der Waals surface area contributed by atoms with Crippen LogP contribution in [0.3, 0.4) is 0 Å². The van der Waals surface area contributed by atoms with Gasteiger partial charge in [0, 0.05) is 28.4 Å². The number of hydrogen-bond donors (Lipinski definition) is 0. The summed E-state index contributed by atoms with van der Waals surface area (Å²) in [5.74, 6) is 0.638. The lowest BCUT2D eigenvalue weighted by Gasteiger charge is -2.10. The molecule has 2 aromatic heterocycles. The average molecular weight is 306 g/mol. The Labute approximate surface area is 132 Å². The maximum Gasteiger partial charge on any atom is 0.234 e. The molecule has 0 bridgehead atoms. The van der Waals surface area contributed by atoms with Gasteiger partial charge < -0.3 is 0 Å². The van der Waals surface area contributed by atoms with Gasteiger partial charge in [0.25, 0.3) is 0 Å². The predicted molar refractivity (Wildman–Crippen MR) is 89.3 cm³/mol. The predicted octanol–water partition coefficient (Wildman–Crippen LogP) is 4.74. The third kappa shape index (κ3) is 2.07. The Morgan fingerprint density at radius 1 is 0.818 bits per heavy atom. The van der Waals surface area contributed by atoms with E-state index in [0.29, 0.717) is 11.0 Å². The Kier molecular flexibility index (Phi) is 3.13. The van der Waals surface area contributed by atoms with E-state index in [1.165, 1.54) is 0 Å². The molecule has 106 valence electrons. The van der Waals surface area contributed by atoms with Gasteiger partial charge in [-0.15, -0.1) is 0 Å². The number of nitrogens with zero attached hydrogens (tertiary/aromatic N) is 3. The molecule has 0 N–H and O–H groups in total. The lowest BCUT2D eigenvalue weighted by atomic mass is 10.1. The summed E-state index contributed by atoms with van der Waals surface area (Å²) in [5.41, 5.74) is 3.01. The molecule has 0 aliphatic carbocycles. The standard InChI is InChI=1S/C18H12ClN3/c19-15-8-3-2-7-14(15)17-12-13-6-1-4-9-16(13)22(17)18-20-10-5-11-21-18/h1-12H. The van der Waals surface area contributed by atoms with E-state index in [1.807, 2.05) is 47.0 Å². The molecule has 0 aliphatic rings. The largest absolute Gasteiger partial charge is 0.278 e. The van der Waals surface area contributed by atoms with Crippen molar-refractivity contribution in [2.45, 2.75) is 0 Å². The van der Waals surface area contributed by atoms with Crippen LogP contribution in [0.5, 0.6) is 0 Å². The van der Waals surface area contributed by atoms with Gasteiger partial charge in [-0.3, -0.25) is 4.57 Å². The maximum absolute atomic E-state index is 6.39. The van der Waals surface area contributed by atoms with E-state index in [2.05, 4.69) is 28.2 Å². The highest BCUT2D eigenvalue weighted by molar-refractivity contribution is 6.33. The van der Waals surface area contributed by atoms with Crippen molar-refractivity contribution in [3.8, 4) is 17.2 Å². The molecule has 0 aliphatic heterocycles. The van der Waals surface area contributed by atoms with Gasteiger partial charge in [0.2, 0.25) is 5.95 Å². The van der Waals surface area contributed by atoms with Crippen molar-refractivity contribution in [1.29, 1.82) is 0 Å². The lowest BCUT2D eigenvalue weighted by Crippen LogP contribution is -2.01. The van der Waals surface area contributed by atoms with Gasteiger partial charge in [-0.2, -0.15) is 0 Å². The van der Waals surface area contributed by atoms with Gasteiger partial charge in [0.1, 0.15) is 0 Å². The van der Waals surface area contributed by atoms with Crippen molar-refractivity contribution < 1.29 is 0 Å². The summed E-state index contributed by atoms with van der Waals surface area (Å²) in [6.07, 6.45) is 3.49. The van der Waals surface area contributed by atoms with Crippen molar-refractivity contribution in [3.05, 3.63) is 78.1 Å². The number of fused-ring (bicyclic) bond motifs is 1. The molecular weight excluding hydrogens is 294 g/mol. The molecule has 3 nitrogen and oxygen atoms in total. The number of hydrogen-bond acceptors (Lipinski definition) is 2. The minimum absolute atomic E-state index is 0.638. The summed E-state index contributed by atoms with van der Waals surface area (Å²) in [6, 6.07) is 19.9. The van der Waals surface area contributed by atoms with Crippen molar-refractivity contribution >= 4 is 22.5 Å². The van der Waals surface area contributed by atoms with Gasteiger partial charge >= 0.3 is 0 Å². The van der Waals surface area contributed by atoms with Crippen LogP contribution in [0, 0.1) is 0 Å². The summed E-state index contributed by atoms with van der Waals surface area (Å²) >= 11 is 6.39. The highest BCUT2D eigenvalue weighted by atomic mass is 35.5. The normalized spacial score (nSPS) is 11.0. The Hall–Kier alpha value is -2.65. The molecule has 2 heterocycles. The fraction of sp³-hybridized carbons (Fsp3) is 0. The van der Waals surface area contributed by atoms with Crippen LogP contribution in [-0.4, -0.2) is 14.5 Å². The zero-order valence-corrected chi connectivity index (χ0v) is 12.4. The topological polar surface area (TPSA) is 30.7 Å². The summed E-state index contributed by atoms with van der Waals surface area (Å²) in [6.45, 7) is 0. The minimum Gasteiger partial charge on any atom is -0.278 e. The van der Waals surface area contributed by atoms with E-state index in [1.54, 1.807) is 12.4 Å². The molecule has 2 aromatic carbocycles. The van der Waals surface area contributed by atoms with Gasteiger partial charge in [0.05, 0.1) is 11.2 Å². The van der Waals surface area contributed by atoms with Crippen molar-refractivity contribution in [1.82, 2.24) is 14.5 Å². The molecule has 0 saturated heterocycles. The molecular formula is C18H12ClN3. The maximum atomic E-state index is 6.39.